The molecule has 2 aromatic carbocycles. The Hall–Kier alpha value is -2.49. The van der Waals surface area contributed by atoms with Crippen LogP contribution in [0.1, 0.15) is 41.8 Å². The van der Waals surface area contributed by atoms with Gasteiger partial charge in [0.25, 0.3) is 5.91 Å². The molecular weight excluding hydrogens is 302 g/mol. The first-order valence-corrected chi connectivity index (χ1v) is 8.21. The third-order valence-corrected chi connectivity index (χ3v) is 4.01. The minimum atomic E-state index is -0.0795. The van der Waals surface area contributed by atoms with Crippen LogP contribution in [0.3, 0.4) is 0 Å². The highest BCUT2D eigenvalue weighted by molar-refractivity contribution is 5.94. The van der Waals surface area contributed by atoms with Gasteiger partial charge in [-0.2, -0.15) is 0 Å². The van der Waals surface area contributed by atoms with Gasteiger partial charge in [0.2, 0.25) is 0 Å². The smallest absolute Gasteiger partial charge is 0.251 e. The Morgan fingerprint density at radius 2 is 1.92 bits per heavy atom. The number of methoxy groups -OCH3 is 1. The molecule has 4 heteroatoms. The Morgan fingerprint density at radius 3 is 2.58 bits per heavy atom. The van der Waals surface area contributed by atoms with Crippen LogP contribution in [0.5, 0.6) is 11.5 Å². The summed E-state index contributed by atoms with van der Waals surface area (Å²) in [5, 5.41) is 2.97. The number of aryl methyl sites for hydroxylation is 1. The van der Waals surface area contributed by atoms with Crippen molar-refractivity contribution in [2.75, 3.05) is 7.11 Å². The molecule has 0 bridgehead atoms. The van der Waals surface area contributed by atoms with E-state index in [1.54, 1.807) is 13.2 Å². The quantitative estimate of drug-likeness (QED) is 0.832. The molecule has 0 unspecified atom stereocenters. The molecule has 0 aromatic heterocycles. The maximum atomic E-state index is 12.3. The van der Waals surface area contributed by atoms with E-state index < -0.39 is 0 Å². The summed E-state index contributed by atoms with van der Waals surface area (Å²) < 4.78 is 11.3. The Balaban J connectivity index is 2.17. The van der Waals surface area contributed by atoms with Gasteiger partial charge in [-0.25, -0.2) is 0 Å². The minimum absolute atomic E-state index is 0.0795. The maximum absolute atomic E-state index is 12.3. The average Bonchev–Trinajstić information content (AvgIpc) is 2.60. The Morgan fingerprint density at radius 1 is 1.17 bits per heavy atom. The molecule has 1 atom stereocenters. The number of benzene rings is 2. The summed E-state index contributed by atoms with van der Waals surface area (Å²) in [6.07, 6.45) is 0.894. The fraction of sp³-hybridized carbons (Fsp3) is 0.350. The number of amides is 1. The van der Waals surface area contributed by atoms with E-state index >= 15 is 0 Å². The third-order valence-electron chi connectivity index (χ3n) is 4.01. The van der Waals surface area contributed by atoms with Gasteiger partial charge in [-0.3, -0.25) is 4.79 Å². The number of hydrogen-bond donors (Lipinski definition) is 1. The summed E-state index contributed by atoms with van der Waals surface area (Å²) in [6.45, 7) is 6.38. The maximum Gasteiger partial charge on any atom is 0.251 e. The lowest BCUT2D eigenvalue weighted by atomic mass is 10.1. The molecule has 0 fully saturated rings. The first-order valence-electron chi connectivity index (χ1n) is 8.21. The van der Waals surface area contributed by atoms with Crippen LogP contribution in [0.25, 0.3) is 0 Å². The van der Waals surface area contributed by atoms with Crippen LogP contribution in [0.15, 0.2) is 42.5 Å². The van der Waals surface area contributed by atoms with Crippen molar-refractivity contribution in [3.63, 3.8) is 0 Å². The molecule has 0 saturated heterocycles. The third kappa shape index (κ3) is 4.51. The highest BCUT2D eigenvalue weighted by Gasteiger charge is 2.12. The van der Waals surface area contributed by atoms with Crippen LogP contribution in [0.4, 0.5) is 0 Å². The molecule has 2 aromatic rings. The van der Waals surface area contributed by atoms with E-state index in [0.29, 0.717) is 17.9 Å². The summed E-state index contributed by atoms with van der Waals surface area (Å²) >= 11 is 0. The molecule has 24 heavy (non-hydrogen) atoms. The highest BCUT2D eigenvalue weighted by Crippen LogP contribution is 2.24. The van der Waals surface area contributed by atoms with Gasteiger partial charge in [-0.05, 0) is 50.1 Å². The highest BCUT2D eigenvalue weighted by atomic mass is 16.5. The zero-order chi connectivity index (χ0) is 17.5. The van der Waals surface area contributed by atoms with Crippen molar-refractivity contribution in [3.05, 3.63) is 59.2 Å². The lowest BCUT2D eigenvalue weighted by Crippen LogP contribution is -2.31. The molecule has 0 aliphatic heterocycles. The van der Waals surface area contributed by atoms with Gasteiger partial charge in [-0.1, -0.05) is 25.1 Å². The number of rotatable bonds is 7. The summed E-state index contributed by atoms with van der Waals surface area (Å²) in [6, 6.07) is 13.4. The molecule has 2 rings (SSSR count). The molecule has 0 heterocycles. The molecule has 0 saturated carbocycles. The predicted molar refractivity (Wildman–Crippen MR) is 95.7 cm³/mol. The molecule has 0 aliphatic carbocycles. The summed E-state index contributed by atoms with van der Waals surface area (Å²) in [5.74, 6) is 1.46. The van der Waals surface area contributed by atoms with Gasteiger partial charge in [0.15, 0.2) is 0 Å². The minimum Gasteiger partial charge on any atom is -0.496 e. The van der Waals surface area contributed by atoms with Gasteiger partial charge in [-0.15, -0.1) is 0 Å². The van der Waals surface area contributed by atoms with Gasteiger partial charge >= 0.3 is 0 Å². The summed E-state index contributed by atoms with van der Waals surface area (Å²) in [4.78, 5) is 12.3. The molecular formula is C20H25NO3. The second-order valence-electron chi connectivity index (χ2n) is 5.86. The predicted octanol–water partition coefficient (Wildman–Crippen LogP) is 4.11. The van der Waals surface area contributed by atoms with Crippen molar-refractivity contribution < 1.29 is 14.3 Å². The standard InChI is InChI=1S/C20H25NO3/c1-5-15(3)21-20(22)16-10-11-19(23-4)17(12-16)13-24-18-9-7-6-8-14(18)2/h6-12,15H,5,13H2,1-4H3,(H,21,22)/t15-/m0/s1. The van der Waals surface area contributed by atoms with E-state index in [2.05, 4.69) is 5.32 Å². The van der Waals surface area contributed by atoms with Crippen LogP contribution in [0.2, 0.25) is 0 Å². The van der Waals surface area contributed by atoms with Crippen molar-refractivity contribution in [2.24, 2.45) is 0 Å². The lowest BCUT2D eigenvalue weighted by Gasteiger charge is -2.15. The van der Waals surface area contributed by atoms with Gasteiger partial charge < -0.3 is 14.8 Å². The van der Waals surface area contributed by atoms with Crippen molar-refractivity contribution in [2.45, 2.75) is 39.8 Å². The van der Waals surface area contributed by atoms with Crippen molar-refractivity contribution in [3.8, 4) is 11.5 Å². The number of hydrogen-bond acceptors (Lipinski definition) is 3. The number of carbonyl (C=O) groups excluding carboxylic acids is 1. The first kappa shape index (κ1) is 17.9. The molecule has 1 amide bonds. The Bertz CT molecular complexity index is 697. The number of para-hydroxylation sites is 1. The molecule has 0 aliphatic rings. The van der Waals surface area contributed by atoms with Crippen LogP contribution in [-0.2, 0) is 6.61 Å². The zero-order valence-corrected chi connectivity index (χ0v) is 14.8. The SMILES string of the molecule is CC[C@H](C)NC(=O)c1ccc(OC)c(COc2ccccc2C)c1. The normalized spacial score (nSPS) is 11.7. The fourth-order valence-corrected chi connectivity index (χ4v) is 2.32. The van der Waals surface area contributed by atoms with Crippen molar-refractivity contribution >= 4 is 5.91 Å². The molecule has 0 spiro atoms. The van der Waals surface area contributed by atoms with E-state index in [0.717, 1.165) is 23.3 Å². The second-order valence-corrected chi connectivity index (χ2v) is 5.86. The van der Waals surface area contributed by atoms with Crippen LogP contribution < -0.4 is 14.8 Å². The van der Waals surface area contributed by atoms with Crippen LogP contribution >= 0.6 is 0 Å². The van der Waals surface area contributed by atoms with E-state index in [1.807, 2.05) is 57.2 Å². The van der Waals surface area contributed by atoms with Gasteiger partial charge in [0.1, 0.15) is 18.1 Å². The van der Waals surface area contributed by atoms with Crippen LogP contribution in [0, 0.1) is 6.92 Å². The largest absolute Gasteiger partial charge is 0.496 e. The molecule has 4 nitrogen and oxygen atoms in total. The summed E-state index contributed by atoms with van der Waals surface area (Å²) in [5.41, 5.74) is 2.53. The number of nitrogens with one attached hydrogen (secondary N) is 1. The molecule has 0 radical (unpaired) electrons. The lowest BCUT2D eigenvalue weighted by molar-refractivity contribution is 0.0939. The van der Waals surface area contributed by atoms with Crippen LogP contribution in [-0.4, -0.2) is 19.1 Å². The van der Waals surface area contributed by atoms with E-state index in [-0.39, 0.29) is 11.9 Å². The Labute approximate surface area is 143 Å². The summed E-state index contributed by atoms with van der Waals surface area (Å²) in [7, 11) is 1.62. The Kier molecular flexibility index (Phi) is 6.24. The van der Waals surface area contributed by atoms with Crippen molar-refractivity contribution in [1.29, 1.82) is 0 Å². The van der Waals surface area contributed by atoms with E-state index in [9.17, 15) is 4.79 Å². The molecule has 128 valence electrons. The fourth-order valence-electron chi connectivity index (χ4n) is 2.32. The number of ether oxygens (including phenoxy) is 2. The van der Waals surface area contributed by atoms with Gasteiger partial charge in [0.05, 0.1) is 7.11 Å². The monoisotopic (exact) mass is 327 g/mol. The second kappa shape index (κ2) is 8.39. The zero-order valence-electron chi connectivity index (χ0n) is 14.8. The average molecular weight is 327 g/mol. The van der Waals surface area contributed by atoms with Crippen molar-refractivity contribution in [1.82, 2.24) is 5.32 Å². The van der Waals surface area contributed by atoms with Gasteiger partial charge in [0, 0.05) is 17.2 Å². The number of carbonyl (C=O) groups is 1. The van der Waals surface area contributed by atoms with E-state index in [1.165, 1.54) is 0 Å². The van der Waals surface area contributed by atoms with E-state index in [4.69, 9.17) is 9.47 Å². The molecule has 1 N–H and O–H groups in total. The first-order chi connectivity index (χ1) is 11.5. The topological polar surface area (TPSA) is 47.6 Å².